The summed E-state index contributed by atoms with van der Waals surface area (Å²) >= 11 is 0. The van der Waals surface area contributed by atoms with Crippen LogP contribution in [0.2, 0.25) is 0 Å². The number of likely N-dealkylation sites (tertiary alicyclic amines) is 1. The van der Waals surface area contributed by atoms with Crippen LogP contribution >= 0.6 is 0 Å². The van der Waals surface area contributed by atoms with E-state index < -0.39 is 0 Å². The van der Waals surface area contributed by atoms with Gasteiger partial charge in [-0.25, -0.2) is 0 Å². The zero-order valence-electron chi connectivity index (χ0n) is 12.0. The first kappa shape index (κ1) is 13.6. The number of aromatic nitrogens is 3. The van der Waals surface area contributed by atoms with Crippen molar-refractivity contribution in [3.8, 4) is 5.75 Å². The summed E-state index contributed by atoms with van der Waals surface area (Å²) in [4.78, 5) is 14.0. The normalized spacial score (nSPS) is 16.0. The molecule has 1 N–H and O–H groups in total. The highest BCUT2D eigenvalue weighted by Gasteiger charge is 2.25. The second-order valence-electron chi connectivity index (χ2n) is 5.20. The maximum atomic E-state index is 12.2. The SMILES string of the molecule is COc1cccc(C2CCN(C(=O)c3cn[nH]n3)CC2)c1. The highest BCUT2D eigenvalue weighted by atomic mass is 16.5. The smallest absolute Gasteiger partial charge is 0.276 e. The average Bonchev–Trinajstić information content (AvgIpc) is 3.09. The molecule has 110 valence electrons. The lowest BCUT2D eigenvalue weighted by atomic mass is 9.89. The summed E-state index contributed by atoms with van der Waals surface area (Å²) in [6.45, 7) is 1.49. The van der Waals surface area contributed by atoms with Gasteiger partial charge in [-0.2, -0.15) is 15.4 Å². The van der Waals surface area contributed by atoms with E-state index in [0.717, 1.165) is 31.7 Å². The number of methoxy groups -OCH3 is 1. The number of ether oxygens (including phenoxy) is 1. The minimum absolute atomic E-state index is 0.0483. The molecule has 3 rings (SSSR count). The number of aromatic amines is 1. The summed E-state index contributed by atoms with van der Waals surface area (Å²) in [6, 6.07) is 8.18. The first-order valence-electron chi connectivity index (χ1n) is 7.07. The van der Waals surface area contributed by atoms with E-state index >= 15 is 0 Å². The Hall–Kier alpha value is -2.37. The Morgan fingerprint density at radius 3 is 2.86 bits per heavy atom. The van der Waals surface area contributed by atoms with Gasteiger partial charge < -0.3 is 9.64 Å². The summed E-state index contributed by atoms with van der Waals surface area (Å²) < 4.78 is 5.27. The van der Waals surface area contributed by atoms with E-state index in [1.807, 2.05) is 17.0 Å². The van der Waals surface area contributed by atoms with Gasteiger partial charge in [0.1, 0.15) is 5.75 Å². The number of carbonyl (C=O) groups is 1. The molecule has 1 aromatic carbocycles. The third-order valence-corrected chi connectivity index (χ3v) is 3.98. The molecule has 2 aromatic rings. The first-order valence-corrected chi connectivity index (χ1v) is 7.07. The lowest BCUT2D eigenvalue weighted by molar-refractivity contribution is 0.0707. The summed E-state index contributed by atoms with van der Waals surface area (Å²) in [5.74, 6) is 1.31. The van der Waals surface area contributed by atoms with Crippen molar-refractivity contribution in [1.29, 1.82) is 0 Å². The molecule has 1 aromatic heterocycles. The van der Waals surface area contributed by atoms with Crippen molar-refractivity contribution in [2.45, 2.75) is 18.8 Å². The van der Waals surface area contributed by atoms with Crippen LogP contribution in [0.15, 0.2) is 30.5 Å². The molecule has 0 spiro atoms. The second-order valence-corrected chi connectivity index (χ2v) is 5.20. The number of rotatable bonds is 3. The number of hydrogen-bond acceptors (Lipinski definition) is 4. The molecule has 1 amide bonds. The molecule has 1 fully saturated rings. The Morgan fingerprint density at radius 2 is 2.19 bits per heavy atom. The van der Waals surface area contributed by atoms with Crippen LogP contribution in [0, 0.1) is 0 Å². The lowest BCUT2D eigenvalue weighted by Crippen LogP contribution is -2.38. The summed E-state index contributed by atoms with van der Waals surface area (Å²) in [7, 11) is 1.68. The molecule has 2 heterocycles. The average molecular weight is 286 g/mol. The van der Waals surface area contributed by atoms with Crippen molar-refractivity contribution in [1.82, 2.24) is 20.3 Å². The monoisotopic (exact) mass is 286 g/mol. The standard InChI is InChI=1S/C15H18N4O2/c1-21-13-4-2-3-12(9-13)11-5-7-19(8-6-11)15(20)14-10-16-18-17-14/h2-4,9-11H,5-8H2,1H3,(H,16,17,18). The molecule has 0 saturated carbocycles. The minimum Gasteiger partial charge on any atom is -0.497 e. The Bertz CT molecular complexity index is 604. The largest absolute Gasteiger partial charge is 0.497 e. The number of piperidine rings is 1. The van der Waals surface area contributed by atoms with Gasteiger partial charge in [0.05, 0.1) is 13.3 Å². The fourth-order valence-corrected chi connectivity index (χ4v) is 2.78. The van der Waals surface area contributed by atoms with Crippen LogP contribution in [0.25, 0.3) is 0 Å². The van der Waals surface area contributed by atoms with Gasteiger partial charge in [-0.3, -0.25) is 4.79 Å². The molecule has 21 heavy (non-hydrogen) atoms. The van der Waals surface area contributed by atoms with Crippen molar-refractivity contribution in [2.75, 3.05) is 20.2 Å². The van der Waals surface area contributed by atoms with Crippen molar-refractivity contribution >= 4 is 5.91 Å². The Kier molecular flexibility index (Phi) is 3.85. The van der Waals surface area contributed by atoms with Crippen molar-refractivity contribution in [3.63, 3.8) is 0 Å². The number of nitrogens with one attached hydrogen (secondary N) is 1. The molecule has 0 aliphatic carbocycles. The third kappa shape index (κ3) is 2.89. The molecule has 0 atom stereocenters. The van der Waals surface area contributed by atoms with Crippen LogP contribution in [-0.4, -0.2) is 46.4 Å². The topological polar surface area (TPSA) is 71.1 Å². The fourth-order valence-electron chi connectivity index (χ4n) is 2.78. The maximum Gasteiger partial charge on any atom is 0.276 e. The highest BCUT2D eigenvalue weighted by Crippen LogP contribution is 2.30. The van der Waals surface area contributed by atoms with E-state index in [-0.39, 0.29) is 5.91 Å². The molecule has 0 unspecified atom stereocenters. The summed E-state index contributed by atoms with van der Waals surface area (Å²) in [5.41, 5.74) is 1.66. The Morgan fingerprint density at radius 1 is 1.38 bits per heavy atom. The zero-order valence-corrected chi connectivity index (χ0v) is 12.0. The molecule has 6 heteroatoms. The number of benzene rings is 1. The molecular formula is C15H18N4O2. The number of amides is 1. The number of H-pyrrole nitrogens is 1. The molecule has 6 nitrogen and oxygen atoms in total. The van der Waals surface area contributed by atoms with Crippen molar-refractivity contribution < 1.29 is 9.53 Å². The number of nitrogens with zero attached hydrogens (tertiary/aromatic N) is 3. The van der Waals surface area contributed by atoms with E-state index in [4.69, 9.17) is 4.74 Å². The van der Waals surface area contributed by atoms with Gasteiger partial charge in [0.25, 0.3) is 5.91 Å². The predicted molar refractivity (Wildman–Crippen MR) is 77.3 cm³/mol. The first-order chi connectivity index (χ1) is 10.3. The van der Waals surface area contributed by atoms with Gasteiger partial charge in [0.2, 0.25) is 0 Å². The number of carbonyl (C=O) groups excluding carboxylic acids is 1. The second kappa shape index (κ2) is 5.95. The van der Waals surface area contributed by atoms with Gasteiger partial charge in [0.15, 0.2) is 5.69 Å². The third-order valence-electron chi connectivity index (χ3n) is 3.98. The molecular weight excluding hydrogens is 268 g/mol. The number of hydrogen-bond donors (Lipinski definition) is 1. The summed E-state index contributed by atoms with van der Waals surface area (Å²) in [6.07, 6.45) is 3.38. The quantitative estimate of drug-likeness (QED) is 0.934. The van der Waals surface area contributed by atoms with E-state index in [9.17, 15) is 4.79 Å². The van der Waals surface area contributed by atoms with E-state index in [1.54, 1.807) is 7.11 Å². The molecule has 1 aliphatic heterocycles. The predicted octanol–water partition coefficient (Wildman–Crippen LogP) is 1.83. The van der Waals surface area contributed by atoms with Crippen molar-refractivity contribution in [2.24, 2.45) is 0 Å². The van der Waals surface area contributed by atoms with Gasteiger partial charge in [-0.15, -0.1) is 0 Å². The summed E-state index contributed by atoms with van der Waals surface area (Å²) in [5, 5.41) is 10.0. The van der Waals surface area contributed by atoms with Crippen LogP contribution in [0.3, 0.4) is 0 Å². The molecule has 1 aliphatic rings. The van der Waals surface area contributed by atoms with Crippen molar-refractivity contribution in [3.05, 3.63) is 41.7 Å². The Balaban J connectivity index is 1.63. The molecule has 0 radical (unpaired) electrons. The zero-order chi connectivity index (χ0) is 14.7. The van der Waals surface area contributed by atoms with Crippen LogP contribution < -0.4 is 4.74 Å². The molecule has 0 bridgehead atoms. The van der Waals surface area contributed by atoms with Gasteiger partial charge in [-0.1, -0.05) is 12.1 Å². The van der Waals surface area contributed by atoms with E-state index in [2.05, 4.69) is 27.5 Å². The van der Waals surface area contributed by atoms with Crippen LogP contribution in [0.4, 0.5) is 0 Å². The van der Waals surface area contributed by atoms with Gasteiger partial charge in [0, 0.05) is 13.1 Å². The van der Waals surface area contributed by atoms with Gasteiger partial charge in [-0.05, 0) is 36.5 Å². The molecule has 1 saturated heterocycles. The Labute approximate surface area is 123 Å². The van der Waals surface area contributed by atoms with E-state index in [0.29, 0.717) is 11.6 Å². The minimum atomic E-state index is -0.0483. The maximum absolute atomic E-state index is 12.2. The fraction of sp³-hybridized carbons (Fsp3) is 0.400. The van der Waals surface area contributed by atoms with Crippen LogP contribution in [0.1, 0.15) is 34.8 Å². The van der Waals surface area contributed by atoms with Gasteiger partial charge >= 0.3 is 0 Å². The highest BCUT2D eigenvalue weighted by molar-refractivity contribution is 5.91. The van der Waals surface area contributed by atoms with Crippen LogP contribution in [-0.2, 0) is 0 Å². The lowest BCUT2D eigenvalue weighted by Gasteiger charge is -2.31. The van der Waals surface area contributed by atoms with Crippen LogP contribution in [0.5, 0.6) is 5.75 Å². The van der Waals surface area contributed by atoms with E-state index in [1.165, 1.54) is 11.8 Å².